The molecule has 4 rings (SSSR count). The minimum absolute atomic E-state index is 0.0365. The molecule has 1 saturated heterocycles. The van der Waals surface area contributed by atoms with Gasteiger partial charge in [-0.2, -0.15) is 0 Å². The van der Waals surface area contributed by atoms with Gasteiger partial charge in [-0.05, 0) is 53.9 Å². The molecule has 1 aliphatic heterocycles. The molecular weight excluding hydrogens is 444 g/mol. The molecule has 1 fully saturated rings. The van der Waals surface area contributed by atoms with Gasteiger partial charge in [0.2, 0.25) is 5.91 Å². The van der Waals surface area contributed by atoms with Gasteiger partial charge in [0.25, 0.3) is 0 Å². The molecule has 0 spiro atoms. The van der Waals surface area contributed by atoms with Gasteiger partial charge in [-0.15, -0.1) is 0 Å². The van der Waals surface area contributed by atoms with Crippen molar-refractivity contribution < 1.29 is 24.2 Å². The second-order valence-corrected chi connectivity index (χ2v) is 9.54. The predicted octanol–water partition coefficient (Wildman–Crippen LogP) is 4.80. The normalized spacial score (nSPS) is 17.9. The largest absolute Gasteiger partial charge is 0.481 e. The summed E-state index contributed by atoms with van der Waals surface area (Å²) in [6.45, 7) is 3.35. The van der Waals surface area contributed by atoms with E-state index in [9.17, 15) is 14.4 Å². The fourth-order valence-electron chi connectivity index (χ4n) is 5.38. The number of nitrogens with zero attached hydrogens (tertiary/aromatic N) is 1. The van der Waals surface area contributed by atoms with Crippen LogP contribution in [0.2, 0.25) is 0 Å². The molecule has 1 aliphatic carbocycles. The zero-order valence-electron chi connectivity index (χ0n) is 20.2. The maximum absolute atomic E-state index is 13.2. The van der Waals surface area contributed by atoms with E-state index in [1.165, 1.54) is 11.1 Å². The van der Waals surface area contributed by atoms with E-state index >= 15 is 0 Å². The number of carbonyl (C=O) groups is 3. The van der Waals surface area contributed by atoms with Crippen LogP contribution in [0.3, 0.4) is 0 Å². The number of carbonyl (C=O) groups excluding carboxylic acids is 2. The van der Waals surface area contributed by atoms with E-state index in [2.05, 4.69) is 29.6 Å². The molecule has 1 heterocycles. The summed E-state index contributed by atoms with van der Waals surface area (Å²) in [5.74, 6) is -0.777. The molecule has 2 N–H and O–H groups in total. The van der Waals surface area contributed by atoms with Crippen LogP contribution in [-0.4, -0.2) is 53.7 Å². The number of carboxylic acids is 1. The number of rotatable bonds is 9. The van der Waals surface area contributed by atoms with E-state index in [1.54, 1.807) is 4.90 Å². The van der Waals surface area contributed by atoms with Gasteiger partial charge in [0, 0.05) is 25.4 Å². The quantitative estimate of drug-likeness (QED) is 0.540. The van der Waals surface area contributed by atoms with Gasteiger partial charge in [0.15, 0.2) is 0 Å². The van der Waals surface area contributed by atoms with E-state index < -0.39 is 18.1 Å². The third-order valence-corrected chi connectivity index (χ3v) is 7.11. The van der Waals surface area contributed by atoms with E-state index in [4.69, 9.17) is 9.84 Å². The Morgan fingerprint density at radius 1 is 1.09 bits per heavy atom. The molecular formula is C28H34N2O5. The molecule has 186 valence electrons. The summed E-state index contributed by atoms with van der Waals surface area (Å²) in [6.07, 6.45) is 3.14. The van der Waals surface area contributed by atoms with Crippen LogP contribution in [0.1, 0.15) is 62.5 Å². The van der Waals surface area contributed by atoms with Crippen LogP contribution in [0, 0.1) is 5.92 Å². The van der Waals surface area contributed by atoms with Crippen LogP contribution in [0.15, 0.2) is 48.5 Å². The molecule has 0 aromatic heterocycles. The second kappa shape index (κ2) is 11.4. The molecule has 0 radical (unpaired) electrons. The Bertz CT molecular complexity index is 1020. The second-order valence-electron chi connectivity index (χ2n) is 9.54. The van der Waals surface area contributed by atoms with Gasteiger partial charge in [-0.25, -0.2) is 4.79 Å². The Balaban J connectivity index is 1.36. The van der Waals surface area contributed by atoms with Crippen molar-refractivity contribution in [1.82, 2.24) is 10.2 Å². The third kappa shape index (κ3) is 5.84. The lowest BCUT2D eigenvalue weighted by atomic mass is 9.93. The lowest BCUT2D eigenvalue weighted by Crippen LogP contribution is -2.51. The lowest BCUT2D eigenvalue weighted by Gasteiger charge is -2.35. The lowest BCUT2D eigenvalue weighted by molar-refractivity contribution is -0.137. The molecule has 2 aromatic carbocycles. The first kappa shape index (κ1) is 24.8. The molecule has 7 nitrogen and oxygen atoms in total. The Morgan fingerprint density at radius 2 is 1.74 bits per heavy atom. The number of amides is 2. The fraction of sp³-hybridized carbons (Fsp3) is 0.464. The van der Waals surface area contributed by atoms with Crippen LogP contribution in [0.25, 0.3) is 11.1 Å². The molecule has 2 aliphatic rings. The van der Waals surface area contributed by atoms with Crippen molar-refractivity contribution in [2.45, 2.75) is 57.4 Å². The summed E-state index contributed by atoms with van der Waals surface area (Å²) in [7, 11) is 0. The number of hydrogen-bond donors (Lipinski definition) is 2. The Kier molecular flexibility index (Phi) is 8.06. The number of likely N-dealkylation sites (tertiary alicyclic amines) is 1. The number of benzene rings is 2. The van der Waals surface area contributed by atoms with Gasteiger partial charge in [0.05, 0.1) is 0 Å². The maximum atomic E-state index is 13.2. The first-order chi connectivity index (χ1) is 17.0. The maximum Gasteiger partial charge on any atom is 0.407 e. The number of fused-ring (bicyclic) bond motifs is 3. The summed E-state index contributed by atoms with van der Waals surface area (Å²) in [5.41, 5.74) is 4.62. The topological polar surface area (TPSA) is 95.9 Å². The van der Waals surface area contributed by atoms with Gasteiger partial charge < -0.3 is 20.1 Å². The summed E-state index contributed by atoms with van der Waals surface area (Å²) < 4.78 is 5.65. The Labute approximate surface area is 206 Å². The van der Waals surface area contributed by atoms with Crippen molar-refractivity contribution in [3.8, 4) is 11.1 Å². The van der Waals surface area contributed by atoms with Gasteiger partial charge in [-0.1, -0.05) is 61.9 Å². The molecule has 2 amide bonds. The first-order valence-electron chi connectivity index (χ1n) is 12.6. The number of piperidine rings is 1. The van der Waals surface area contributed by atoms with Crippen LogP contribution >= 0.6 is 0 Å². The van der Waals surface area contributed by atoms with Gasteiger partial charge in [-0.3, -0.25) is 9.59 Å². The van der Waals surface area contributed by atoms with Crippen LogP contribution in [-0.2, 0) is 14.3 Å². The minimum atomic E-state index is -0.811. The van der Waals surface area contributed by atoms with E-state index in [-0.39, 0.29) is 30.8 Å². The molecule has 2 atom stereocenters. The van der Waals surface area contributed by atoms with E-state index in [1.807, 2.05) is 31.2 Å². The Morgan fingerprint density at radius 3 is 2.37 bits per heavy atom. The van der Waals surface area contributed by atoms with E-state index in [0.29, 0.717) is 25.9 Å². The number of alkyl carbamates (subject to hydrolysis) is 1. The van der Waals surface area contributed by atoms with Crippen molar-refractivity contribution in [1.29, 1.82) is 0 Å². The number of nitrogens with one attached hydrogen (secondary N) is 1. The van der Waals surface area contributed by atoms with Crippen LogP contribution in [0.4, 0.5) is 4.79 Å². The minimum Gasteiger partial charge on any atom is -0.481 e. The first-order valence-corrected chi connectivity index (χ1v) is 12.6. The molecule has 0 bridgehead atoms. The van der Waals surface area contributed by atoms with Crippen LogP contribution in [0.5, 0.6) is 0 Å². The summed E-state index contributed by atoms with van der Waals surface area (Å²) in [6, 6.07) is 15.7. The number of hydrogen-bond acceptors (Lipinski definition) is 4. The van der Waals surface area contributed by atoms with Crippen molar-refractivity contribution in [3.63, 3.8) is 0 Å². The fourth-order valence-corrected chi connectivity index (χ4v) is 5.38. The van der Waals surface area contributed by atoms with Crippen molar-refractivity contribution in [2.75, 3.05) is 19.7 Å². The van der Waals surface area contributed by atoms with Gasteiger partial charge >= 0.3 is 12.1 Å². The van der Waals surface area contributed by atoms with E-state index in [0.717, 1.165) is 30.4 Å². The molecule has 2 aromatic rings. The van der Waals surface area contributed by atoms with Gasteiger partial charge in [0.1, 0.15) is 12.6 Å². The summed E-state index contributed by atoms with van der Waals surface area (Å²) in [5, 5.41) is 11.8. The number of carboxylic acid groups (broad SMARTS) is 1. The molecule has 2 unspecified atom stereocenters. The zero-order valence-corrected chi connectivity index (χ0v) is 20.2. The monoisotopic (exact) mass is 478 g/mol. The average Bonchev–Trinajstić information content (AvgIpc) is 3.19. The smallest absolute Gasteiger partial charge is 0.407 e. The number of aliphatic carboxylic acids is 1. The molecule has 7 heteroatoms. The standard InChI is InChI=1S/C28H34N2O5/c1-2-8-25(27(33)30-16-7-9-19(17-30)14-15-26(31)32)29-28(34)35-18-24-22-12-5-3-10-20(22)21-11-4-6-13-23(21)24/h3-6,10-13,19,24-25H,2,7-9,14-18H2,1H3,(H,29,34)(H,31,32). The predicted molar refractivity (Wildman–Crippen MR) is 133 cm³/mol. The SMILES string of the molecule is CCCC(NC(=O)OCC1c2ccccc2-c2ccccc21)C(=O)N1CCCC(CCC(=O)O)C1. The zero-order chi connectivity index (χ0) is 24.8. The van der Waals surface area contributed by atoms with Crippen molar-refractivity contribution in [2.24, 2.45) is 5.92 Å². The number of ether oxygens (including phenoxy) is 1. The summed E-state index contributed by atoms with van der Waals surface area (Å²) >= 11 is 0. The van der Waals surface area contributed by atoms with Crippen LogP contribution < -0.4 is 5.32 Å². The highest BCUT2D eigenvalue weighted by atomic mass is 16.5. The molecule has 0 saturated carbocycles. The Hall–Kier alpha value is -3.35. The summed E-state index contributed by atoms with van der Waals surface area (Å²) in [4.78, 5) is 38.7. The highest BCUT2D eigenvalue weighted by Crippen LogP contribution is 2.44. The molecule has 35 heavy (non-hydrogen) atoms. The van der Waals surface area contributed by atoms with Crippen molar-refractivity contribution in [3.05, 3.63) is 59.7 Å². The average molecular weight is 479 g/mol. The van der Waals surface area contributed by atoms with Crippen molar-refractivity contribution >= 4 is 18.0 Å². The highest BCUT2D eigenvalue weighted by Gasteiger charge is 2.32. The third-order valence-electron chi connectivity index (χ3n) is 7.11. The highest BCUT2D eigenvalue weighted by molar-refractivity contribution is 5.86.